The summed E-state index contributed by atoms with van der Waals surface area (Å²) in [5, 5.41) is 9.25. The molecule has 1 saturated carbocycles. The predicted molar refractivity (Wildman–Crippen MR) is 57.6 cm³/mol. The summed E-state index contributed by atoms with van der Waals surface area (Å²) in [6.45, 7) is 0. The molecule has 0 bridgehead atoms. The Hall–Kier alpha value is -0.770. The fraction of sp³-hybridized carbons (Fsp3) is 0.769. The summed E-state index contributed by atoms with van der Waals surface area (Å²) in [4.78, 5) is 0. The van der Waals surface area contributed by atoms with E-state index in [0.717, 1.165) is 0 Å². The molecule has 76 valence electrons. The van der Waals surface area contributed by atoms with Crippen molar-refractivity contribution in [2.75, 3.05) is 0 Å². The summed E-state index contributed by atoms with van der Waals surface area (Å²) in [6, 6.07) is 2.55. The van der Waals surface area contributed by atoms with Gasteiger partial charge in [0.15, 0.2) is 0 Å². The smallest absolute Gasteiger partial charge is 0.0703 e. The minimum absolute atomic E-state index is 0.262. The van der Waals surface area contributed by atoms with Crippen LogP contribution in [-0.4, -0.2) is 0 Å². The van der Waals surface area contributed by atoms with Crippen LogP contribution in [0.25, 0.3) is 0 Å². The van der Waals surface area contributed by atoms with Crippen molar-refractivity contribution in [3.8, 4) is 6.07 Å². The number of nitriles is 1. The van der Waals surface area contributed by atoms with Crippen molar-refractivity contribution in [2.24, 2.45) is 11.8 Å². The lowest BCUT2D eigenvalue weighted by atomic mass is 9.81. The molecule has 0 saturated heterocycles. The standard InChI is InChI=1S/C13H19N/c14-10-13(12-8-4-5-9-12)11-6-2-1-3-7-11/h6,12-13H,1-5,7-9H2. The quantitative estimate of drug-likeness (QED) is 0.606. The van der Waals surface area contributed by atoms with Crippen LogP contribution in [0.2, 0.25) is 0 Å². The molecule has 0 amide bonds. The lowest BCUT2D eigenvalue weighted by molar-refractivity contribution is 0.440. The Bertz CT molecular complexity index is 253. The predicted octanol–water partition coefficient (Wildman–Crippen LogP) is 3.82. The Morgan fingerprint density at radius 2 is 2.00 bits per heavy atom. The van der Waals surface area contributed by atoms with E-state index >= 15 is 0 Å². The summed E-state index contributed by atoms with van der Waals surface area (Å²) in [6.07, 6.45) is 12.6. The van der Waals surface area contributed by atoms with Crippen molar-refractivity contribution >= 4 is 0 Å². The van der Waals surface area contributed by atoms with E-state index in [1.165, 1.54) is 56.9 Å². The fourth-order valence-electron chi connectivity index (χ4n) is 2.93. The molecule has 1 heteroatoms. The van der Waals surface area contributed by atoms with Gasteiger partial charge in [0, 0.05) is 0 Å². The number of hydrogen-bond acceptors (Lipinski definition) is 1. The van der Waals surface area contributed by atoms with Crippen LogP contribution in [0.5, 0.6) is 0 Å². The van der Waals surface area contributed by atoms with Crippen LogP contribution in [0.15, 0.2) is 11.6 Å². The Labute approximate surface area is 86.8 Å². The average Bonchev–Trinajstić information content (AvgIpc) is 2.74. The van der Waals surface area contributed by atoms with E-state index in [1.54, 1.807) is 0 Å². The largest absolute Gasteiger partial charge is 0.198 e. The number of allylic oxidation sites excluding steroid dienone is 2. The van der Waals surface area contributed by atoms with Crippen LogP contribution in [0.3, 0.4) is 0 Å². The van der Waals surface area contributed by atoms with Crippen LogP contribution in [-0.2, 0) is 0 Å². The van der Waals surface area contributed by atoms with Crippen LogP contribution in [0, 0.1) is 23.2 Å². The van der Waals surface area contributed by atoms with Gasteiger partial charge in [-0.25, -0.2) is 0 Å². The van der Waals surface area contributed by atoms with Gasteiger partial charge in [-0.2, -0.15) is 5.26 Å². The highest BCUT2D eigenvalue weighted by molar-refractivity contribution is 5.18. The van der Waals surface area contributed by atoms with Crippen molar-refractivity contribution in [1.29, 1.82) is 5.26 Å². The van der Waals surface area contributed by atoms with Gasteiger partial charge in [-0.15, -0.1) is 0 Å². The molecule has 1 unspecified atom stereocenters. The third-order valence-electron chi connectivity index (χ3n) is 3.74. The molecule has 1 atom stereocenters. The first-order chi connectivity index (χ1) is 6.92. The zero-order valence-electron chi connectivity index (χ0n) is 8.84. The van der Waals surface area contributed by atoms with E-state index in [4.69, 9.17) is 0 Å². The first-order valence-corrected chi connectivity index (χ1v) is 6.00. The molecular weight excluding hydrogens is 170 g/mol. The molecule has 2 aliphatic carbocycles. The van der Waals surface area contributed by atoms with Gasteiger partial charge < -0.3 is 0 Å². The van der Waals surface area contributed by atoms with Crippen molar-refractivity contribution in [1.82, 2.24) is 0 Å². The molecule has 0 aliphatic heterocycles. The second-order valence-corrected chi connectivity index (χ2v) is 4.68. The first kappa shape index (κ1) is 9.77. The molecule has 1 nitrogen and oxygen atoms in total. The minimum atomic E-state index is 0.262. The maximum atomic E-state index is 9.25. The average molecular weight is 189 g/mol. The van der Waals surface area contributed by atoms with Crippen LogP contribution in [0.1, 0.15) is 51.4 Å². The topological polar surface area (TPSA) is 23.8 Å². The molecule has 2 aliphatic rings. The fourth-order valence-corrected chi connectivity index (χ4v) is 2.93. The molecule has 0 radical (unpaired) electrons. The highest BCUT2D eigenvalue weighted by atomic mass is 14.4. The van der Waals surface area contributed by atoms with Crippen molar-refractivity contribution in [3.05, 3.63) is 11.6 Å². The third kappa shape index (κ3) is 2.00. The van der Waals surface area contributed by atoms with Crippen molar-refractivity contribution < 1.29 is 0 Å². The second kappa shape index (κ2) is 4.64. The molecule has 0 aromatic carbocycles. The first-order valence-electron chi connectivity index (χ1n) is 6.00. The highest BCUT2D eigenvalue weighted by Crippen LogP contribution is 2.37. The maximum Gasteiger partial charge on any atom is 0.0703 e. The van der Waals surface area contributed by atoms with Gasteiger partial charge in [-0.3, -0.25) is 0 Å². The zero-order valence-corrected chi connectivity index (χ0v) is 8.84. The number of rotatable bonds is 2. The van der Waals surface area contributed by atoms with Crippen LogP contribution < -0.4 is 0 Å². The van der Waals surface area contributed by atoms with Crippen molar-refractivity contribution in [3.63, 3.8) is 0 Å². The van der Waals surface area contributed by atoms with Gasteiger partial charge in [-0.05, 0) is 44.4 Å². The van der Waals surface area contributed by atoms with Gasteiger partial charge in [-0.1, -0.05) is 24.5 Å². The molecule has 0 heterocycles. The Morgan fingerprint density at radius 1 is 1.21 bits per heavy atom. The molecule has 0 aromatic rings. The van der Waals surface area contributed by atoms with E-state index in [-0.39, 0.29) is 5.92 Å². The lowest BCUT2D eigenvalue weighted by Crippen LogP contribution is -2.14. The second-order valence-electron chi connectivity index (χ2n) is 4.68. The Morgan fingerprint density at radius 3 is 2.57 bits per heavy atom. The van der Waals surface area contributed by atoms with Crippen LogP contribution in [0.4, 0.5) is 0 Å². The monoisotopic (exact) mass is 189 g/mol. The van der Waals surface area contributed by atoms with E-state index in [1.807, 2.05) is 0 Å². The summed E-state index contributed by atoms with van der Waals surface area (Å²) >= 11 is 0. The summed E-state index contributed by atoms with van der Waals surface area (Å²) in [7, 11) is 0. The van der Waals surface area contributed by atoms with E-state index in [2.05, 4.69) is 12.1 Å². The zero-order chi connectivity index (χ0) is 9.80. The van der Waals surface area contributed by atoms with Gasteiger partial charge in [0.05, 0.1) is 12.0 Å². The Balaban J connectivity index is 2.04. The van der Waals surface area contributed by atoms with Gasteiger partial charge >= 0.3 is 0 Å². The van der Waals surface area contributed by atoms with E-state index in [0.29, 0.717) is 5.92 Å². The van der Waals surface area contributed by atoms with Gasteiger partial charge in [0.1, 0.15) is 0 Å². The highest BCUT2D eigenvalue weighted by Gasteiger charge is 2.27. The summed E-state index contributed by atoms with van der Waals surface area (Å²) in [5.41, 5.74) is 1.46. The van der Waals surface area contributed by atoms with Gasteiger partial charge in [0.2, 0.25) is 0 Å². The summed E-state index contributed by atoms with van der Waals surface area (Å²) in [5.74, 6) is 0.946. The molecule has 14 heavy (non-hydrogen) atoms. The molecular formula is C13H19N. The van der Waals surface area contributed by atoms with E-state index in [9.17, 15) is 5.26 Å². The third-order valence-corrected chi connectivity index (χ3v) is 3.74. The Kier molecular flexibility index (Phi) is 3.24. The SMILES string of the molecule is N#CC(C1=CCCCC1)C1CCCC1. The minimum Gasteiger partial charge on any atom is -0.198 e. The number of nitrogens with zero attached hydrogens (tertiary/aromatic N) is 1. The normalized spacial score (nSPS) is 25.5. The summed E-state index contributed by atoms with van der Waals surface area (Å²) < 4.78 is 0. The maximum absolute atomic E-state index is 9.25. The van der Waals surface area contributed by atoms with E-state index < -0.39 is 0 Å². The molecule has 0 N–H and O–H groups in total. The van der Waals surface area contributed by atoms with Gasteiger partial charge in [0.25, 0.3) is 0 Å². The molecule has 0 aromatic heterocycles. The lowest BCUT2D eigenvalue weighted by Gasteiger charge is -2.22. The van der Waals surface area contributed by atoms with Crippen molar-refractivity contribution in [2.45, 2.75) is 51.4 Å². The molecule has 0 spiro atoms. The molecule has 2 rings (SSSR count). The number of hydrogen-bond donors (Lipinski definition) is 0. The van der Waals surface area contributed by atoms with Crippen LogP contribution >= 0.6 is 0 Å². The molecule has 1 fully saturated rings.